The normalized spacial score (nSPS) is 13.0. The summed E-state index contributed by atoms with van der Waals surface area (Å²) in [6.45, 7) is 0. The Labute approximate surface area is 48.3 Å². The number of hydrogen-bond donors (Lipinski definition) is 0. The Kier molecular flexibility index (Phi) is 4.27. The second kappa shape index (κ2) is 4.60. The van der Waals surface area contributed by atoms with E-state index in [1.54, 1.807) is 0 Å². The minimum atomic E-state index is -0.632. The summed E-state index contributed by atoms with van der Waals surface area (Å²) in [5.41, 5.74) is -0.632. The van der Waals surface area contributed by atoms with Gasteiger partial charge in [-0.2, -0.15) is 0 Å². The summed E-state index contributed by atoms with van der Waals surface area (Å²) in [5.74, 6) is 0. The molecular weight excluding hydrogens is 127 g/mol. The highest BCUT2D eigenvalue weighted by atomic mass is 31.1. The summed E-state index contributed by atoms with van der Waals surface area (Å²) in [7, 11) is -0.274. The molecule has 0 radical (unpaired) electrons. The van der Waals surface area contributed by atoms with Gasteiger partial charge in [0.25, 0.3) is 0 Å². The van der Waals surface area contributed by atoms with E-state index in [0.29, 0.717) is 12.6 Å². The Morgan fingerprint density at radius 3 is 2.25 bits per heavy atom. The van der Waals surface area contributed by atoms with Crippen LogP contribution in [-0.2, 0) is 14.2 Å². The predicted molar refractivity (Wildman–Crippen MR) is 28.1 cm³/mol. The SMILES string of the molecule is O=CCC(C=O)P=O. The molecule has 4 heteroatoms. The standard InChI is InChI=1S/C4H5O3P/c5-2-1-4(3-6)8-7/h2-4H,1H2. The summed E-state index contributed by atoms with van der Waals surface area (Å²) < 4.78 is 9.83. The number of aldehydes is 2. The fraction of sp³-hybridized carbons (Fsp3) is 0.500. The molecule has 0 spiro atoms. The van der Waals surface area contributed by atoms with Crippen LogP contribution in [0, 0.1) is 0 Å². The van der Waals surface area contributed by atoms with E-state index >= 15 is 0 Å². The zero-order chi connectivity index (χ0) is 6.41. The average Bonchev–Trinajstić information content (AvgIpc) is 1.83. The molecular formula is C4H5O3P. The van der Waals surface area contributed by atoms with Crippen LogP contribution < -0.4 is 0 Å². The van der Waals surface area contributed by atoms with E-state index < -0.39 is 5.66 Å². The lowest BCUT2D eigenvalue weighted by Gasteiger charge is -1.86. The molecule has 0 aromatic heterocycles. The molecule has 1 atom stereocenters. The molecule has 0 amide bonds. The summed E-state index contributed by atoms with van der Waals surface area (Å²) in [5, 5.41) is 0. The predicted octanol–water partition coefficient (Wildman–Crippen LogP) is 0.435. The Morgan fingerprint density at radius 1 is 1.50 bits per heavy atom. The van der Waals surface area contributed by atoms with Gasteiger partial charge in [0.05, 0.1) is 0 Å². The van der Waals surface area contributed by atoms with Crippen molar-refractivity contribution in [2.45, 2.75) is 12.1 Å². The number of carbonyl (C=O) groups excluding carboxylic acids is 2. The van der Waals surface area contributed by atoms with E-state index in [1.807, 2.05) is 0 Å². The number of hydrogen-bond acceptors (Lipinski definition) is 3. The van der Waals surface area contributed by atoms with Gasteiger partial charge in [0, 0.05) is 6.42 Å². The zero-order valence-electron chi connectivity index (χ0n) is 4.11. The quantitative estimate of drug-likeness (QED) is 0.411. The van der Waals surface area contributed by atoms with Gasteiger partial charge in [-0.25, -0.2) is 0 Å². The molecule has 44 valence electrons. The summed E-state index contributed by atoms with van der Waals surface area (Å²) >= 11 is 0. The van der Waals surface area contributed by atoms with Crippen LogP contribution in [0.25, 0.3) is 0 Å². The third-order valence-electron chi connectivity index (χ3n) is 0.630. The first-order valence-corrected chi connectivity index (χ1v) is 2.94. The first-order valence-electron chi connectivity index (χ1n) is 2.06. The fourth-order valence-electron chi connectivity index (χ4n) is 0.222. The largest absolute Gasteiger partial charge is 0.303 e. The minimum Gasteiger partial charge on any atom is -0.303 e. The van der Waals surface area contributed by atoms with Crippen LogP contribution in [0.5, 0.6) is 0 Å². The highest BCUT2D eigenvalue weighted by Crippen LogP contribution is 2.04. The molecule has 0 aliphatic carbocycles. The molecule has 0 aromatic rings. The minimum absolute atomic E-state index is 0.0502. The highest BCUT2D eigenvalue weighted by molar-refractivity contribution is 7.26. The van der Waals surface area contributed by atoms with Crippen molar-refractivity contribution >= 4 is 21.0 Å². The molecule has 8 heavy (non-hydrogen) atoms. The molecule has 3 nitrogen and oxygen atoms in total. The maximum absolute atomic E-state index is 9.83. The molecule has 0 aliphatic heterocycles. The van der Waals surface area contributed by atoms with Crippen molar-refractivity contribution in [2.24, 2.45) is 0 Å². The zero-order valence-corrected chi connectivity index (χ0v) is 5.01. The first kappa shape index (κ1) is 7.44. The maximum Gasteiger partial charge on any atom is 0.166 e. The Bertz CT molecular complexity index is 93.5. The van der Waals surface area contributed by atoms with Crippen LogP contribution in [0.2, 0.25) is 0 Å². The maximum atomic E-state index is 9.83. The van der Waals surface area contributed by atoms with E-state index in [0.717, 1.165) is 0 Å². The average molecular weight is 132 g/mol. The van der Waals surface area contributed by atoms with Gasteiger partial charge in [-0.15, -0.1) is 0 Å². The number of carbonyl (C=O) groups is 2. The summed E-state index contributed by atoms with van der Waals surface area (Å²) in [6, 6.07) is 0. The van der Waals surface area contributed by atoms with E-state index in [2.05, 4.69) is 0 Å². The third-order valence-corrected chi connectivity index (χ3v) is 1.23. The van der Waals surface area contributed by atoms with E-state index in [4.69, 9.17) is 0 Å². The van der Waals surface area contributed by atoms with E-state index in [1.165, 1.54) is 0 Å². The van der Waals surface area contributed by atoms with Crippen LogP contribution in [0.4, 0.5) is 0 Å². The van der Waals surface area contributed by atoms with E-state index in [9.17, 15) is 14.2 Å². The van der Waals surface area contributed by atoms with Crippen molar-refractivity contribution in [1.82, 2.24) is 0 Å². The molecule has 1 unspecified atom stereocenters. The van der Waals surface area contributed by atoms with Gasteiger partial charge < -0.3 is 9.59 Å². The molecule has 0 saturated carbocycles. The highest BCUT2D eigenvalue weighted by Gasteiger charge is 2.02. The van der Waals surface area contributed by atoms with Crippen molar-refractivity contribution in [3.63, 3.8) is 0 Å². The van der Waals surface area contributed by atoms with Gasteiger partial charge in [-0.3, -0.25) is 4.57 Å². The molecule has 0 aliphatic rings. The monoisotopic (exact) mass is 132 g/mol. The molecule has 0 rings (SSSR count). The van der Waals surface area contributed by atoms with Crippen molar-refractivity contribution in [2.75, 3.05) is 0 Å². The Morgan fingerprint density at radius 2 is 2.12 bits per heavy atom. The lowest BCUT2D eigenvalue weighted by Crippen LogP contribution is -1.99. The number of rotatable bonds is 4. The van der Waals surface area contributed by atoms with Crippen LogP contribution in [0.1, 0.15) is 6.42 Å². The topological polar surface area (TPSA) is 51.2 Å². The lowest BCUT2D eigenvalue weighted by atomic mass is 10.4. The van der Waals surface area contributed by atoms with Gasteiger partial charge in [-0.05, 0) is 0 Å². The molecule has 0 fully saturated rings. The lowest BCUT2D eigenvalue weighted by molar-refractivity contribution is -0.111. The molecule has 0 saturated heterocycles. The van der Waals surface area contributed by atoms with Gasteiger partial charge in [-0.1, -0.05) is 0 Å². The van der Waals surface area contributed by atoms with Crippen LogP contribution in [0.15, 0.2) is 0 Å². The fourth-order valence-corrected chi connectivity index (χ4v) is 0.444. The van der Waals surface area contributed by atoms with Crippen LogP contribution in [-0.4, -0.2) is 18.2 Å². The second-order valence-electron chi connectivity index (χ2n) is 1.21. The molecule has 0 heterocycles. The third kappa shape index (κ3) is 2.59. The Balaban J connectivity index is 3.50. The summed E-state index contributed by atoms with van der Waals surface area (Å²) in [4.78, 5) is 19.4. The molecule has 0 N–H and O–H groups in total. The van der Waals surface area contributed by atoms with Gasteiger partial charge in [0.15, 0.2) is 8.46 Å². The molecule has 0 aromatic carbocycles. The van der Waals surface area contributed by atoms with Crippen molar-refractivity contribution in [3.05, 3.63) is 0 Å². The first-order chi connectivity index (χ1) is 3.85. The Hall–Kier alpha value is -0.560. The van der Waals surface area contributed by atoms with Crippen molar-refractivity contribution in [3.8, 4) is 0 Å². The van der Waals surface area contributed by atoms with Gasteiger partial charge in [0.2, 0.25) is 0 Å². The summed E-state index contributed by atoms with van der Waals surface area (Å²) in [6.07, 6.45) is 1.13. The van der Waals surface area contributed by atoms with E-state index in [-0.39, 0.29) is 14.9 Å². The molecule has 0 bridgehead atoms. The van der Waals surface area contributed by atoms with Gasteiger partial charge >= 0.3 is 0 Å². The van der Waals surface area contributed by atoms with Crippen molar-refractivity contribution in [1.29, 1.82) is 0 Å². The van der Waals surface area contributed by atoms with Crippen LogP contribution >= 0.6 is 8.46 Å². The van der Waals surface area contributed by atoms with Crippen molar-refractivity contribution < 1.29 is 14.2 Å². The smallest absolute Gasteiger partial charge is 0.166 e. The second-order valence-corrected chi connectivity index (χ2v) is 2.09. The van der Waals surface area contributed by atoms with Crippen LogP contribution in [0.3, 0.4) is 0 Å². The van der Waals surface area contributed by atoms with Gasteiger partial charge in [0.1, 0.15) is 18.2 Å².